The van der Waals surface area contributed by atoms with Crippen LogP contribution < -0.4 is 15.4 Å². The lowest BCUT2D eigenvalue weighted by Crippen LogP contribution is -2.13. The van der Waals surface area contributed by atoms with Gasteiger partial charge in [-0.1, -0.05) is 6.07 Å². The number of aromatic nitrogens is 1. The summed E-state index contributed by atoms with van der Waals surface area (Å²) >= 11 is 0. The van der Waals surface area contributed by atoms with Crippen molar-refractivity contribution < 1.29 is 9.53 Å². The number of aryl methyl sites for hydroxylation is 1. The van der Waals surface area contributed by atoms with Crippen LogP contribution >= 0.6 is 0 Å². The number of carbonyl (C=O) groups excluding carboxylic acids is 1. The zero-order valence-electron chi connectivity index (χ0n) is 15.0. The highest BCUT2D eigenvalue weighted by Gasteiger charge is 2.10. The highest BCUT2D eigenvalue weighted by atomic mass is 16.5. The number of amides is 1. The predicted molar refractivity (Wildman–Crippen MR) is 104 cm³/mol. The number of methoxy groups -OCH3 is 1. The van der Waals surface area contributed by atoms with E-state index in [1.54, 1.807) is 49.7 Å². The highest BCUT2D eigenvalue weighted by Crippen LogP contribution is 2.28. The molecule has 134 valence electrons. The Kier molecular flexibility index (Phi) is 5.33. The van der Waals surface area contributed by atoms with E-state index in [0.717, 1.165) is 16.9 Å². The van der Waals surface area contributed by atoms with Crippen LogP contribution in [0.3, 0.4) is 0 Å². The number of rotatable bonds is 5. The number of hydrogen-bond acceptors (Lipinski definition) is 5. The van der Waals surface area contributed by atoms with E-state index >= 15 is 0 Å². The molecule has 0 radical (unpaired) electrons. The average molecular weight is 358 g/mol. The van der Waals surface area contributed by atoms with Crippen molar-refractivity contribution in [1.82, 2.24) is 4.98 Å². The summed E-state index contributed by atoms with van der Waals surface area (Å²) in [6.45, 7) is 1.99. The number of benzene rings is 2. The molecule has 3 aromatic rings. The van der Waals surface area contributed by atoms with Gasteiger partial charge < -0.3 is 15.4 Å². The summed E-state index contributed by atoms with van der Waals surface area (Å²) in [5.74, 6) is 0.376. The molecule has 1 amide bonds. The minimum absolute atomic E-state index is 0.274. The van der Waals surface area contributed by atoms with Crippen molar-refractivity contribution in [2.24, 2.45) is 0 Å². The molecule has 1 aromatic heterocycles. The van der Waals surface area contributed by atoms with Crippen LogP contribution in [0.25, 0.3) is 0 Å². The van der Waals surface area contributed by atoms with Crippen LogP contribution in [0.4, 0.5) is 17.1 Å². The van der Waals surface area contributed by atoms with Gasteiger partial charge in [0.25, 0.3) is 5.91 Å². The Labute approximate surface area is 157 Å². The molecule has 2 aromatic carbocycles. The number of pyridine rings is 1. The lowest BCUT2D eigenvalue weighted by Gasteiger charge is -2.12. The van der Waals surface area contributed by atoms with E-state index in [2.05, 4.69) is 15.6 Å². The van der Waals surface area contributed by atoms with E-state index in [9.17, 15) is 4.79 Å². The zero-order chi connectivity index (χ0) is 19.2. The normalized spacial score (nSPS) is 9.96. The maximum Gasteiger partial charge on any atom is 0.274 e. The molecule has 0 bridgehead atoms. The van der Waals surface area contributed by atoms with E-state index in [1.807, 2.05) is 31.2 Å². The molecule has 0 aliphatic carbocycles. The molecular formula is C21H18N4O2. The fourth-order valence-corrected chi connectivity index (χ4v) is 2.53. The number of anilines is 3. The van der Waals surface area contributed by atoms with Crippen LogP contribution in [-0.2, 0) is 0 Å². The molecule has 6 heteroatoms. The molecule has 0 fully saturated rings. The van der Waals surface area contributed by atoms with Gasteiger partial charge in [0, 0.05) is 17.6 Å². The second kappa shape index (κ2) is 8.02. The maximum absolute atomic E-state index is 12.5. The monoisotopic (exact) mass is 358 g/mol. The summed E-state index contributed by atoms with van der Waals surface area (Å²) < 4.78 is 5.37. The summed E-state index contributed by atoms with van der Waals surface area (Å²) in [4.78, 5) is 16.6. The molecule has 0 spiro atoms. The average Bonchev–Trinajstić information content (AvgIpc) is 2.69. The third-order valence-corrected chi connectivity index (χ3v) is 3.90. The van der Waals surface area contributed by atoms with Crippen molar-refractivity contribution in [2.75, 3.05) is 17.7 Å². The summed E-state index contributed by atoms with van der Waals surface area (Å²) in [7, 11) is 1.61. The second-order valence-electron chi connectivity index (χ2n) is 5.90. The van der Waals surface area contributed by atoms with Gasteiger partial charge in [-0.2, -0.15) is 5.26 Å². The number of nitrogens with one attached hydrogen (secondary N) is 2. The molecule has 0 saturated heterocycles. The molecule has 27 heavy (non-hydrogen) atoms. The van der Waals surface area contributed by atoms with Crippen molar-refractivity contribution >= 4 is 23.0 Å². The first kappa shape index (κ1) is 18.0. The highest BCUT2D eigenvalue weighted by molar-refractivity contribution is 6.03. The first-order valence-corrected chi connectivity index (χ1v) is 8.28. The Bertz CT molecular complexity index is 1010. The van der Waals surface area contributed by atoms with Crippen LogP contribution in [0.2, 0.25) is 0 Å². The van der Waals surface area contributed by atoms with Crippen molar-refractivity contribution in [2.45, 2.75) is 6.92 Å². The molecule has 2 N–H and O–H groups in total. The summed E-state index contributed by atoms with van der Waals surface area (Å²) in [6, 6.07) is 17.9. The van der Waals surface area contributed by atoms with Gasteiger partial charge in [0.1, 0.15) is 11.4 Å². The summed E-state index contributed by atoms with van der Waals surface area (Å²) in [5.41, 5.74) is 4.02. The van der Waals surface area contributed by atoms with Gasteiger partial charge in [-0.15, -0.1) is 0 Å². The van der Waals surface area contributed by atoms with Crippen molar-refractivity contribution in [3.8, 4) is 11.8 Å². The zero-order valence-corrected chi connectivity index (χ0v) is 15.0. The van der Waals surface area contributed by atoms with Gasteiger partial charge in [-0.25, -0.2) is 0 Å². The van der Waals surface area contributed by atoms with Gasteiger partial charge in [-0.05, 0) is 61.0 Å². The van der Waals surface area contributed by atoms with E-state index in [1.165, 1.54) is 0 Å². The SMILES string of the molecule is COc1ccc(C)cc1Nc1ccnc(C(=O)Nc2ccc(C#N)cc2)c1. The fraction of sp³-hybridized carbons (Fsp3) is 0.0952. The van der Waals surface area contributed by atoms with Crippen molar-refractivity contribution in [3.63, 3.8) is 0 Å². The fourth-order valence-electron chi connectivity index (χ4n) is 2.53. The minimum atomic E-state index is -0.334. The molecule has 1 heterocycles. The number of hydrogen-bond donors (Lipinski definition) is 2. The van der Waals surface area contributed by atoms with Gasteiger partial charge in [-0.3, -0.25) is 9.78 Å². The van der Waals surface area contributed by atoms with Gasteiger partial charge >= 0.3 is 0 Å². The molecule has 3 rings (SSSR count). The molecule has 0 aliphatic heterocycles. The van der Waals surface area contributed by atoms with Gasteiger partial charge in [0.15, 0.2) is 0 Å². The Hall–Kier alpha value is -3.85. The first-order valence-electron chi connectivity index (χ1n) is 8.28. The summed E-state index contributed by atoms with van der Waals surface area (Å²) in [5, 5.41) is 14.9. The molecule has 6 nitrogen and oxygen atoms in total. The Morgan fingerprint density at radius 3 is 2.56 bits per heavy atom. The quantitative estimate of drug-likeness (QED) is 0.711. The summed E-state index contributed by atoms with van der Waals surface area (Å²) in [6.07, 6.45) is 1.57. The van der Waals surface area contributed by atoms with Crippen LogP contribution in [0.1, 0.15) is 21.6 Å². The second-order valence-corrected chi connectivity index (χ2v) is 5.90. The third kappa shape index (κ3) is 4.41. The lowest BCUT2D eigenvalue weighted by atomic mass is 10.2. The van der Waals surface area contributed by atoms with E-state index < -0.39 is 0 Å². The van der Waals surface area contributed by atoms with E-state index in [-0.39, 0.29) is 11.6 Å². The first-order chi connectivity index (χ1) is 13.1. The van der Waals surface area contributed by atoms with Crippen molar-refractivity contribution in [3.05, 3.63) is 77.6 Å². The predicted octanol–water partition coefficient (Wildman–Crippen LogP) is 4.27. The number of nitrogens with zero attached hydrogens (tertiary/aromatic N) is 2. The topological polar surface area (TPSA) is 87.0 Å². The van der Waals surface area contributed by atoms with Crippen LogP contribution in [0, 0.1) is 18.3 Å². The molecule has 0 aliphatic rings. The molecule has 0 atom stereocenters. The molecular weight excluding hydrogens is 340 g/mol. The van der Waals surface area contributed by atoms with Crippen LogP contribution in [0.15, 0.2) is 60.8 Å². The lowest BCUT2D eigenvalue weighted by molar-refractivity contribution is 0.102. The van der Waals surface area contributed by atoms with E-state index in [0.29, 0.717) is 17.0 Å². The minimum Gasteiger partial charge on any atom is -0.495 e. The molecule has 0 saturated carbocycles. The number of nitriles is 1. The van der Waals surface area contributed by atoms with Crippen LogP contribution in [-0.4, -0.2) is 18.0 Å². The third-order valence-electron chi connectivity index (χ3n) is 3.90. The van der Waals surface area contributed by atoms with Crippen molar-refractivity contribution in [1.29, 1.82) is 5.26 Å². The molecule has 0 unspecified atom stereocenters. The maximum atomic E-state index is 12.5. The smallest absolute Gasteiger partial charge is 0.274 e. The standard InChI is InChI=1S/C21H18N4O2/c1-14-3-8-20(27-2)18(11-14)24-17-9-10-23-19(12-17)21(26)25-16-6-4-15(13-22)5-7-16/h3-12H,1-2H3,(H,23,24)(H,25,26). The number of ether oxygens (including phenoxy) is 1. The van der Waals surface area contributed by atoms with Gasteiger partial charge in [0.05, 0.1) is 24.4 Å². The van der Waals surface area contributed by atoms with Gasteiger partial charge in [0.2, 0.25) is 0 Å². The number of carbonyl (C=O) groups is 1. The van der Waals surface area contributed by atoms with E-state index in [4.69, 9.17) is 10.00 Å². The largest absolute Gasteiger partial charge is 0.495 e. The Morgan fingerprint density at radius 2 is 1.85 bits per heavy atom. The Balaban J connectivity index is 1.77. The van der Waals surface area contributed by atoms with Crippen LogP contribution in [0.5, 0.6) is 5.75 Å². The Morgan fingerprint density at radius 1 is 1.07 bits per heavy atom.